The molecule has 3 rings (SSSR count). The van der Waals surface area contributed by atoms with Crippen LogP contribution in [0.3, 0.4) is 0 Å². The van der Waals surface area contributed by atoms with Crippen LogP contribution in [0.1, 0.15) is 12.8 Å². The third kappa shape index (κ3) is 4.32. The topological polar surface area (TPSA) is 90.2 Å². The van der Waals surface area contributed by atoms with Crippen molar-refractivity contribution in [2.45, 2.75) is 19.4 Å². The van der Waals surface area contributed by atoms with Crippen molar-refractivity contribution in [2.24, 2.45) is 10.9 Å². The van der Waals surface area contributed by atoms with Crippen LogP contribution in [0.15, 0.2) is 17.1 Å². The van der Waals surface area contributed by atoms with Gasteiger partial charge in [-0.2, -0.15) is 4.99 Å². The molecule has 1 aromatic heterocycles. The van der Waals surface area contributed by atoms with Crippen LogP contribution in [-0.2, 0) is 21.4 Å². The first-order chi connectivity index (χ1) is 13.8. The molecule has 156 valence electrons. The molecule has 0 atom stereocenters. The zero-order valence-electron chi connectivity index (χ0n) is 16.5. The molecule has 0 spiro atoms. The summed E-state index contributed by atoms with van der Waals surface area (Å²) in [6, 6.07) is 3.58. The number of aromatic nitrogens is 1. The summed E-state index contributed by atoms with van der Waals surface area (Å²) in [6.45, 7) is 0.870. The maximum atomic E-state index is 12.8. The van der Waals surface area contributed by atoms with E-state index in [0.29, 0.717) is 42.2 Å². The number of terminal acetylenes is 1. The van der Waals surface area contributed by atoms with Gasteiger partial charge in [0.05, 0.1) is 27.0 Å². The van der Waals surface area contributed by atoms with Crippen molar-refractivity contribution in [3.05, 3.63) is 16.9 Å². The molecule has 1 fully saturated rings. The number of piperidine rings is 1. The lowest BCUT2D eigenvalue weighted by Crippen LogP contribution is -2.39. The minimum atomic E-state index is -3.24. The molecule has 2 heterocycles. The molecule has 2 aromatic rings. The van der Waals surface area contributed by atoms with Crippen molar-refractivity contribution in [2.75, 3.05) is 33.6 Å². The third-order valence-electron chi connectivity index (χ3n) is 4.92. The monoisotopic (exact) mass is 437 g/mol. The first kappa shape index (κ1) is 21.4. The Morgan fingerprint density at radius 1 is 1.28 bits per heavy atom. The van der Waals surface area contributed by atoms with Gasteiger partial charge in [-0.3, -0.25) is 4.79 Å². The van der Waals surface area contributed by atoms with Crippen LogP contribution in [-0.4, -0.2) is 56.8 Å². The lowest BCUT2D eigenvalue weighted by molar-refractivity contribution is -0.122. The number of sulfonamides is 1. The van der Waals surface area contributed by atoms with E-state index in [2.05, 4.69) is 10.9 Å². The minimum absolute atomic E-state index is 0.224. The maximum Gasteiger partial charge on any atom is 0.251 e. The Morgan fingerprint density at radius 2 is 1.90 bits per heavy atom. The van der Waals surface area contributed by atoms with E-state index in [1.807, 2.05) is 0 Å². The van der Waals surface area contributed by atoms with Gasteiger partial charge in [0.1, 0.15) is 21.7 Å². The Hall–Kier alpha value is -2.35. The molecule has 1 amide bonds. The third-order valence-corrected chi connectivity index (χ3v) is 7.32. The van der Waals surface area contributed by atoms with Crippen molar-refractivity contribution in [1.29, 1.82) is 0 Å². The van der Waals surface area contributed by atoms with E-state index >= 15 is 0 Å². The standard InChI is InChI=1S/C19H23N3O5S2/c1-5-10-22-16-14(26-2)6-7-15(27-3)17(16)28-19(22)20-18(23)13-8-11-21(12-9-13)29(4,24)25/h1,6-7,13H,8-12H2,2-4H3. The second kappa shape index (κ2) is 8.57. The fourth-order valence-electron chi connectivity index (χ4n) is 3.40. The predicted octanol–water partition coefficient (Wildman–Crippen LogP) is 1.45. The van der Waals surface area contributed by atoms with Gasteiger partial charge >= 0.3 is 0 Å². The summed E-state index contributed by atoms with van der Waals surface area (Å²) in [5.41, 5.74) is 0.730. The van der Waals surface area contributed by atoms with E-state index in [-0.39, 0.29) is 18.4 Å². The lowest BCUT2D eigenvalue weighted by atomic mass is 9.98. The summed E-state index contributed by atoms with van der Waals surface area (Å²) in [4.78, 5) is 17.6. The van der Waals surface area contributed by atoms with Gasteiger partial charge in [0.15, 0.2) is 4.80 Å². The first-order valence-electron chi connectivity index (χ1n) is 9.01. The fraction of sp³-hybridized carbons (Fsp3) is 0.474. The zero-order chi connectivity index (χ0) is 21.2. The highest BCUT2D eigenvalue weighted by Crippen LogP contribution is 2.35. The normalized spacial score (nSPS) is 16.7. The molecule has 29 heavy (non-hydrogen) atoms. The summed E-state index contributed by atoms with van der Waals surface area (Å²) < 4.78 is 38.2. The van der Waals surface area contributed by atoms with Crippen molar-refractivity contribution >= 4 is 37.5 Å². The Kier molecular flexibility index (Phi) is 6.31. The average molecular weight is 438 g/mol. The molecule has 10 heteroatoms. The summed E-state index contributed by atoms with van der Waals surface area (Å²) in [7, 11) is -0.102. The number of nitrogens with zero attached hydrogens (tertiary/aromatic N) is 3. The van der Waals surface area contributed by atoms with Crippen molar-refractivity contribution in [3.8, 4) is 23.8 Å². The Balaban J connectivity index is 2.01. The van der Waals surface area contributed by atoms with E-state index in [1.54, 1.807) is 30.9 Å². The fourth-order valence-corrected chi connectivity index (χ4v) is 5.42. The van der Waals surface area contributed by atoms with Gasteiger partial charge in [0.25, 0.3) is 5.91 Å². The van der Waals surface area contributed by atoms with Gasteiger partial charge < -0.3 is 14.0 Å². The minimum Gasteiger partial charge on any atom is -0.495 e. The van der Waals surface area contributed by atoms with Crippen molar-refractivity contribution < 1.29 is 22.7 Å². The van der Waals surface area contributed by atoms with Crippen LogP contribution in [0.4, 0.5) is 0 Å². The molecule has 0 radical (unpaired) electrons. The molecule has 1 saturated heterocycles. The highest BCUT2D eigenvalue weighted by atomic mass is 32.2. The molecule has 1 aromatic carbocycles. The van der Waals surface area contributed by atoms with Gasteiger partial charge in [-0.05, 0) is 25.0 Å². The zero-order valence-corrected chi connectivity index (χ0v) is 18.2. The van der Waals surface area contributed by atoms with Crippen LogP contribution >= 0.6 is 11.3 Å². The van der Waals surface area contributed by atoms with E-state index in [1.165, 1.54) is 21.9 Å². The molecule has 1 aliphatic heterocycles. The highest BCUT2D eigenvalue weighted by Gasteiger charge is 2.29. The number of methoxy groups -OCH3 is 2. The molecular weight excluding hydrogens is 414 g/mol. The number of hydrogen-bond donors (Lipinski definition) is 0. The second-order valence-corrected chi connectivity index (χ2v) is 9.67. The number of thiazole rings is 1. The number of hydrogen-bond acceptors (Lipinski definition) is 6. The molecule has 0 bridgehead atoms. The van der Waals surface area contributed by atoms with Gasteiger partial charge in [-0.25, -0.2) is 12.7 Å². The largest absolute Gasteiger partial charge is 0.495 e. The van der Waals surface area contributed by atoms with E-state index in [4.69, 9.17) is 15.9 Å². The summed E-state index contributed by atoms with van der Waals surface area (Å²) >= 11 is 1.31. The maximum absolute atomic E-state index is 12.8. The first-order valence-corrected chi connectivity index (χ1v) is 11.7. The molecule has 8 nitrogen and oxygen atoms in total. The number of benzene rings is 1. The van der Waals surface area contributed by atoms with Crippen LogP contribution in [0, 0.1) is 18.3 Å². The SMILES string of the molecule is C#CCn1c(=NC(=O)C2CCN(S(C)(=O)=O)CC2)sc2c(OC)ccc(OC)c21. The highest BCUT2D eigenvalue weighted by molar-refractivity contribution is 7.88. The van der Waals surface area contributed by atoms with Crippen molar-refractivity contribution in [1.82, 2.24) is 8.87 Å². The number of ether oxygens (including phenoxy) is 2. The number of carbonyl (C=O) groups excluding carboxylic acids is 1. The van der Waals surface area contributed by atoms with Crippen LogP contribution < -0.4 is 14.3 Å². The van der Waals surface area contributed by atoms with Crippen molar-refractivity contribution in [3.63, 3.8) is 0 Å². The van der Waals surface area contributed by atoms with Gasteiger partial charge in [0, 0.05) is 19.0 Å². The quantitative estimate of drug-likeness (QED) is 0.661. The summed E-state index contributed by atoms with van der Waals surface area (Å²) in [5, 5.41) is 0. The number of carbonyl (C=O) groups is 1. The van der Waals surface area contributed by atoms with Crippen LogP contribution in [0.2, 0.25) is 0 Å². The van der Waals surface area contributed by atoms with Crippen LogP contribution in [0.25, 0.3) is 10.2 Å². The van der Waals surface area contributed by atoms with E-state index in [0.717, 1.165) is 10.2 Å². The van der Waals surface area contributed by atoms with Gasteiger partial charge in [0.2, 0.25) is 10.0 Å². The molecular formula is C19H23N3O5S2. The molecule has 0 N–H and O–H groups in total. The van der Waals surface area contributed by atoms with Crippen LogP contribution in [0.5, 0.6) is 11.5 Å². The molecule has 0 saturated carbocycles. The van der Waals surface area contributed by atoms with Gasteiger partial charge in [-0.1, -0.05) is 17.3 Å². The molecule has 0 aliphatic carbocycles. The number of fused-ring (bicyclic) bond motifs is 1. The second-order valence-electron chi connectivity index (χ2n) is 6.71. The molecule has 1 aliphatic rings. The summed E-state index contributed by atoms with van der Waals surface area (Å²) in [6.07, 6.45) is 7.62. The lowest BCUT2D eigenvalue weighted by Gasteiger charge is -2.28. The molecule has 0 unspecified atom stereocenters. The average Bonchev–Trinajstić information content (AvgIpc) is 3.05. The Morgan fingerprint density at radius 3 is 2.45 bits per heavy atom. The number of amides is 1. The Bertz CT molecular complexity index is 1130. The Labute approximate surface area is 173 Å². The van der Waals surface area contributed by atoms with E-state index in [9.17, 15) is 13.2 Å². The van der Waals surface area contributed by atoms with Gasteiger partial charge in [-0.15, -0.1) is 6.42 Å². The predicted molar refractivity (Wildman–Crippen MR) is 111 cm³/mol. The number of rotatable bonds is 5. The summed E-state index contributed by atoms with van der Waals surface area (Å²) in [5.74, 6) is 3.27. The smallest absolute Gasteiger partial charge is 0.251 e. The van der Waals surface area contributed by atoms with E-state index < -0.39 is 10.0 Å².